The molecular formula is C27H29N3O4. The van der Waals surface area contributed by atoms with Gasteiger partial charge in [-0.2, -0.15) is 0 Å². The highest BCUT2D eigenvalue weighted by Crippen LogP contribution is 2.31. The quantitative estimate of drug-likeness (QED) is 0.577. The van der Waals surface area contributed by atoms with Crippen LogP contribution in [0.4, 0.5) is 0 Å². The fourth-order valence-electron chi connectivity index (χ4n) is 4.93. The fourth-order valence-corrected chi connectivity index (χ4v) is 4.93. The van der Waals surface area contributed by atoms with Gasteiger partial charge in [0.05, 0.1) is 5.56 Å². The van der Waals surface area contributed by atoms with Gasteiger partial charge in [-0.05, 0) is 55.5 Å². The minimum atomic E-state index is -0.559. The molecule has 5 rings (SSSR count). The van der Waals surface area contributed by atoms with Crippen molar-refractivity contribution in [2.24, 2.45) is 0 Å². The summed E-state index contributed by atoms with van der Waals surface area (Å²) in [6.07, 6.45) is 7.87. The van der Waals surface area contributed by atoms with Crippen LogP contribution in [0.2, 0.25) is 0 Å². The lowest BCUT2D eigenvalue weighted by Crippen LogP contribution is -2.45. The van der Waals surface area contributed by atoms with Crippen LogP contribution in [0, 0.1) is 0 Å². The molecule has 1 aromatic heterocycles. The van der Waals surface area contributed by atoms with Gasteiger partial charge in [0.1, 0.15) is 17.9 Å². The van der Waals surface area contributed by atoms with Gasteiger partial charge >= 0.3 is 0 Å². The van der Waals surface area contributed by atoms with Gasteiger partial charge in [0.25, 0.3) is 5.91 Å². The number of hydrogen-bond donors (Lipinski definition) is 2. The first-order valence-electron chi connectivity index (χ1n) is 12.0. The van der Waals surface area contributed by atoms with Gasteiger partial charge in [0.2, 0.25) is 11.8 Å². The van der Waals surface area contributed by atoms with E-state index in [-0.39, 0.29) is 29.2 Å². The van der Waals surface area contributed by atoms with E-state index in [1.54, 1.807) is 23.2 Å². The number of pyridine rings is 1. The first kappa shape index (κ1) is 22.2. The summed E-state index contributed by atoms with van der Waals surface area (Å²) < 4.78 is 5.89. The van der Waals surface area contributed by atoms with E-state index < -0.39 is 6.04 Å². The van der Waals surface area contributed by atoms with E-state index in [1.165, 1.54) is 12.8 Å². The first-order chi connectivity index (χ1) is 16.6. The molecule has 1 aliphatic carbocycles. The summed E-state index contributed by atoms with van der Waals surface area (Å²) in [5, 5.41) is 15.1. The molecule has 2 aliphatic rings. The second-order valence-electron chi connectivity index (χ2n) is 9.09. The predicted molar refractivity (Wildman–Crippen MR) is 129 cm³/mol. The van der Waals surface area contributed by atoms with Crippen LogP contribution in [-0.4, -0.2) is 45.5 Å². The average molecular weight is 460 g/mol. The summed E-state index contributed by atoms with van der Waals surface area (Å²) in [6, 6.07) is 14.0. The lowest BCUT2D eigenvalue weighted by atomic mass is 10.0. The minimum absolute atomic E-state index is 0.0415. The molecule has 3 aromatic rings. The number of amides is 2. The Bertz CT molecular complexity index is 1190. The van der Waals surface area contributed by atoms with Crippen molar-refractivity contribution in [2.45, 2.75) is 57.2 Å². The monoisotopic (exact) mass is 459 g/mol. The Morgan fingerprint density at radius 1 is 1.03 bits per heavy atom. The largest absolute Gasteiger partial charge is 0.506 e. The van der Waals surface area contributed by atoms with Crippen LogP contribution >= 0.6 is 0 Å². The molecule has 1 aliphatic heterocycles. The Kier molecular flexibility index (Phi) is 6.34. The number of benzene rings is 2. The predicted octanol–water partition coefficient (Wildman–Crippen LogP) is 4.18. The summed E-state index contributed by atoms with van der Waals surface area (Å²) in [7, 11) is 0. The van der Waals surface area contributed by atoms with Crippen LogP contribution in [0.1, 0.15) is 54.4 Å². The number of likely N-dealkylation sites (tertiary alicyclic amines) is 1. The standard InChI is InChI=1S/C27H29N3O4/c31-25-21-9-4-1-6-19(21)12-13-22(25)27(33)30-15-5-10-23(30)26(32)29-17-18-11-14-24(28-16-18)34-20-7-2-3-8-20/h1,4,6,9,11-14,16,20,23,31H,2-3,5,7-8,10,15,17H2,(H,29,32). The third-order valence-corrected chi connectivity index (χ3v) is 6.80. The lowest BCUT2D eigenvalue weighted by molar-refractivity contribution is -0.125. The first-order valence-corrected chi connectivity index (χ1v) is 12.0. The highest BCUT2D eigenvalue weighted by Gasteiger charge is 2.35. The van der Waals surface area contributed by atoms with Crippen LogP contribution in [0.25, 0.3) is 10.8 Å². The minimum Gasteiger partial charge on any atom is -0.506 e. The van der Waals surface area contributed by atoms with Crippen molar-refractivity contribution in [2.75, 3.05) is 6.54 Å². The average Bonchev–Trinajstić information content (AvgIpc) is 3.56. The van der Waals surface area contributed by atoms with Gasteiger partial charge in [-0.15, -0.1) is 0 Å². The molecule has 2 N–H and O–H groups in total. The molecule has 0 radical (unpaired) electrons. The van der Waals surface area contributed by atoms with Crippen LogP contribution in [0.15, 0.2) is 54.7 Å². The molecule has 0 spiro atoms. The highest BCUT2D eigenvalue weighted by atomic mass is 16.5. The van der Waals surface area contributed by atoms with Crippen molar-refractivity contribution in [3.8, 4) is 11.6 Å². The molecule has 2 heterocycles. The van der Waals surface area contributed by atoms with E-state index in [0.717, 1.165) is 30.2 Å². The van der Waals surface area contributed by atoms with E-state index in [2.05, 4.69) is 10.3 Å². The Balaban J connectivity index is 1.22. The molecule has 0 bridgehead atoms. The molecule has 7 heteroatoms. The van der Waals surface area contributed by atoms with Gasteiger partial charge < -0.3 is 20.1 Å². The van der Waals surface area contributed by atoms with Crippen molar-refractivity contribution in [1.29, 1.82) is 0 Å². The Labute approximate surface area is 198 Å². The zero-order valence-electron chi connectivity index (χ0n) is 19.1. The zero-order valence-corrected chi connectivity index (χ0v) is 19.1. The van der Waals surface area contributed by atoms with E-state index in [0.29, 0.717) is 30.8 Å². The summed E-state index contributed by atoms with van der Waals surface area (Å²) in [6.45, 7) is 0.813. The van der Waals surface area contributed by atoms with Gasteiger partial charge in [0, 0.05) is 30.7 Å². The molecule has 176 valence electrons. The number of nitrogens with zero attached hydrogens (tertiary/aromatic N) is 2. The summed E-state index contributed by atoms with van der Waals surface area (Å²) in [5.41, 5.74) is 1.09. The topological polar surface area (TPSA) is 91.8 Å². The smallest absolute Gasteiger partial charge is 0.258 e. The second-order valence-corrected chi connectivity index (χ2v) is 9.09. The lowest BCUT2D eigenvalue weighted by Gasteiger charge is -2.24. The molecule has 1 saturated heterocycles. The third kappa shape index (κ3) is 4.55. The molecule has 7 nitrogen and oxygen atoms in total. The number of carbonyl (C=O) groups excluding carboxylic acids is 2. The number of ether oxygens (including phenoxy) is 1. The molecule has 2 fully saturated rings. The molecule has 1 unspecified atom stereocenters. The molecule has 2 amide bonds. The number of aromatic nitrogens is 1. The molecule has 1 saturated carbocycles. The van der Waals surface area contributed by atoms with E-state index in [1.807, 2.05) is 36.4 Å². The summed E-state index contributed by atoms with van der Waals surface area (Å²) in [4.78, 5) is 32.1. The van der Waals surface area contributed by atoms with Crippen molar-refractivity contribution >= 4 is 22.6 Å². The molecular weight excluding hydrogens is 430 g/mol. The number of aromatic hydroxyl groups is 1. The zero-order chi connectivity index (χ0) is 23.5. The van der Waals surface area contributed by atoms with Gasteiger partial charge in [0.15, 0.2) is 0 Å². The number of rotatable bonds is 6. The highest BCUT2D eigenvalue weighted by molar-refractivity contribution is 6.05. The number of nitrogens with one attached hydrogen (secondary N) is 1. The van der Waals surface area contributed by atoms with Crippen molar-refractivity contribution < 1.29 is 19.4 Å². The third-order valence-electron chi connectivity index (χ3n) is 6.80. The Morgan fingerprint density at radius 3 is 2.65 bits per heavy atom. The maximum absolute atomic E-state index is 13.2. The number of hydrogen-bond acceptors (Lipinski definition) is 5. The number of phenolic OH excluding ortho intramolecular Hbond substituents is 1. The normalized spacial score (nSPS) is 18.4. The van der Waals surface area contributed by atoms with Crippen molar-refractivity contribution in [3.05, 3.63) is 65.9 Å². The van der Waals surface area contributed by atoms with Gasteiger partial charge in [-0.25, -0.2) is 4.98 Å². The van der Waals surface area contributed by atoms with E-state index in [9.17, 15) is 14.7 Å². The maximum atomic E-state index is 13.2. The van der Waals surface area contributed by atoms with Crippen LogP contribution in [0.5, 0.6) is 11.6 Å². The molecule has 34 heavy (non-hydrogen) atoms. The SMILES string of the molecule is O=C(NCc1ccc(OC2CCCC2)nc1)C1CCCN1C(=O)c1ccc2ccccc2c1O. The Morgan fingerprint density at radius 2 is 1.85 bits per heavy atom. The molecule has 1 atom stereocenters. The number of fused-ring (bicyclic) bond motifs is 1. The van der Waals surface area contributed by atoms with Crippen LogP contribution in [0.3, 0.4) is 0 Å². The Hall–Kier alpha value is -3.61. The second kappa shape index (κ2) is 9.71. The number of phenols is 1. The van der Waals surface area contributed by atoms with Crippen molar-refractivity contribution in [1.82, 2.24) is 15.2 Å². The van der Waals surface area contributed by atoms with E-state index in [4.69, 9.17) is 4.74 Å². The molecule has 2 aromatic carbocycles. The fraction of sp³-hybridized carbons (Fsp3) is 0.370. The maximum Gasteiger partial charge on any atom is 0.258 e. The summed E-state index contributed by atoms with van der Waals surface area (Å²) >= 11 is 0. The van der Waals surface area contributed by atoms with E-state index >= 15 is 0 Å². The summed E-state index contributed by atoms with van der Waals surface area (Å²) in [5.74, 6) is 0.0540. The van der Waals surface area contributed by atoms with Crippen LogP contribution < -0.4 is 10.1 Å². The van der Waals surface area contributed by atoms with Gasteiger partial charge in [-0.1, -0.05) is 36.4 Å². The number of carbonyl (C=O) groups is 2. The van der Waals surface area contributed by atoms with Crippen molar-refractivity contribution in [3.63, 3.8) is 0 Å². The van der Waals surface area contributed by atoms with Gasteiger partial charge in [-0.3, -0.25) is 9.59 Å². The van der Waals surface area contributed by atoms with Crippen LogP contribution in [-0.2, 0) is 11.3 Å².